The number of phenolic OH excluding ortho intramolecular Hbond substituents is 1. The lowest BCUT2D eigenvalue weighted by molar-refractivity contribution is -0.000308. The lowest BCUT2D eigenvalue weighted by Gasteiger charge is -2.26. The fourth-order valence-corrected chi connectivity index (χ4v) is 2.19. The third kappa shape index (κ3) is 3.11. The van der Waals surface area contributed by atoms with Crippen LogP contribution in [-0.2, 0) is 5.41 Å². The molecule has 0 aliphatic rings. The first kappa shape index (κ1) is 14.4. The van der Waals surface area contributed by atoms with Crippen molar-refractivity contribution in [2.75, 3.05) is 0 Å². The molecule has 1 atom stereocenters. The predicted octanol–water partition coefficient (Wildman–Crippen LogP) is 3.44. The molecule has 0 amide bonds. The topological polar surface area (TPSA) is 49.7 Å². The van der Waals surface area contributed by atoms with Crippen molar-refractivity contribution >= 4 is 0 Å². The van der Waals surface area contributed by atoms with Crippen molar-refractivity contribution < 1.29 is 14.9 Å². The number of aliphatic hydroxyl groups excluding tert-OH is 1. The van der Waals surface area contributed by atoms with E-state index in [0.717, 1.165) is 11.1 Å². The quantitative estimate of drug-likeness (QED) is 0.838. The molecule has 3 heteroatoms. The molecule has 0 fully saturated rings. The molecule has 106 valence electrons. The zero-order valence-corrected chi connectivity index (χ0v) is 12.0. The van der Waals surface area contributed by atoms with Gasteiger partial charge in [0.25, 0.3) is 0 Å². The number of hydrogen-bond acceptors (Lipinski definition) is 3. The largest absolute Gasteiger partial charge is 0.508 e. The van der Waals surface area contributed by atoms with Gasteiger partial charge in [0.2, 0.25) is 0 Å². The van der Waals surface area contributed by atoms with Gasteiger partial charge in [-0.3, -0.25) is 0 Å². The number of benzene rings is 2. The second-order valence-electron chi connectivity index (χ2n) is 5.41. The van der Waals surface area contributed by atoms with E-state index in [1.165, 1.54) is 0 Å². The molecular formula is C17H20O3. The maximum Gasteiger partial charge on any atom is 0.194 e. The molecule has 0 aromatic heterocycles. The monoisotopic (exact) mass is 272 g/mol. The molecule has 2 N–H and O–H groups in total. The SMILES string of the molecule is CC(O)Oc1ccc(C(C)(C)c2ccc(O)cc2)cc1. The van der Waals surface area contributed by atoms with Crippen molar-refractivity contribution in [2.24, 2.45) is 0 Å². The Morgan fingerprint density at radius 3 is 1.80 bits per heavy atom. The second kappa shape index (κ2) is 5.55. The molecule has 0 heterocycles. The summed E-state index contributed by atoms with van der Waals surface area (Å²) in [4.78, 5) is 0. The summed E-state index contributed by atoms with van der Waals surface area (Å²) in [6, 6.07) is 14.9. The first-order valence-corrected chi connectivity index (χ1v) is 6.64. The molecule has 2 aromatic rings. The van der Waals surface area contributed by atoms with E-state index in [9.17, 15) is 10.2 Å². The van der Waals surface area contributed by atoms with Crippen LogP contribution in [0.3, 0.4) is 0 Å². The van der Waals surface area contributed by atoms with Gasteiger partial charge >= 0.3 is 0 Å². The number of aromatic hydroxyl groups is 1. The number of rotatable bonds is 4. The van der Waals surface area contributed by atoms with Gasteiger partial charge in [-0.05, 0) is 42.3 Å². The summed E-state index contributed by atoms with van der Waals surface area (Å²) in [5, 5.41) is 18.6. The van der Waals surface area contributed by atoms with E-state index in [2.05, 4.69) is 13.8 Å². The number of hydrogen-bond donors (Lipinski definition) is 2. The van der Waals surface area contributed by atoms with Crippen LogP contribution < -0.4 is 4.74 Å². The Kier molecular flexibility index (Phi) is 4.00. The first-order chi connectivity index (χ1) is 9.39. The van der Waals surface area contributed by atoms with E-state index in [1.54, 1.807) is 19.1 Å². The highest BCUT2D eigenvalue weighted by atomic mass is 16.6. The summed E-state index contributed by atoms with van der Waals surface area (Å²) in [6.07, 6.45) is -0.814. The molecule has 20 heavy (non-hydrogen) atoms. The van der Waals surface area contributed by atoms with Crippen LogP contribution in [0, 0.1) is 0 Å². The Hall–Kier alpha value is -2.00. The summed E-state index contributed by atoms with van der Waals surface area (Å²) in [5.41, 5.74) is 2.09. The van der Waals surface area contributed by atoms with Gasteiger partial charge in [-0.2, -0.15) is 0 Å². The molecule has 0 saturated carbocycles. The van der Waals surface area contributed by atoms with Crippen LogP contribution in [0.4, 0.5) is 0 Å². The Bertz CT molecular complexity index is 554. The first-order valence-electron chi connectivity index (χ1n) is 6.64. The highest BCUT2D eigenvalue weighted by Gasteiger charge is 2.23. The fourth-order valence-electron chi connectivity index (χ4n) is 2.19. The highest BCUT2D eigenvalue weighted by molar-refractivity contribution is 5.41. The van der Waals surface area contributed by atoms with Crippen molar-refractivity contribution in [1.82, 2.24) is 0 Å². The van der Waals surface area contributed by atoms with Crippen LogP contribution in [0.15, 0.2) is 48.5 Å². The number of phenols is 1. The van der Waals surface area contributed by atoms with Gasteiger partial charge in [-0.1, -0.05) is 38.1 Å². The number of ether oxygens (including phenoxy) is 1. The van der Waals surface area contributed by atoms with Crippen molar-refractivity contribution in [3.8, 4) is 11.5 Å². The maximum atomic E-state index is 9.37. The van der Waals surface area contributed by atoms with E-state index in [1.807, 2.05) is 36.4 Å². The zero-order chi connectivity index (χ0) is 14.8. The molecule has 0 saturated heterocycles. The Morgan fingerprint density at radius 2 is 1.35 bits per heavy atom. The average molecular weight is 272 g/mol. The molecule has 0 radical (unpaired) electrons. The highest BCUT2D eigenvalue weighted by Crippen LogP contribution is 2.33. The molecule has 0 aliphatic carbocycles. The number of aliphatic hydroxyl groups is 1. The van der Waals surface area contributed by atoms with Crippen LogP contribution in [0.2, 0.25) is 0 Å². The van der Waals surface area contributed by atoms with Crippen molar-refractivity contribution in [1.29, 1.82) is 0 Å². The van der Waals surface area contributed by atoms with Gasteiger partial charge < -0.3 is 14.9 Å². The van der Waals surface area contributed by atoms with Gasteiger partial charge in [0, 0.05) is 5.41 Å². The Morgan fingerprint density at radius 1 is 0.900 bits per heavy atom. The van der Waals surface area contributed by atoms with E-state index in [4.69, 9.17) is 4.74 Å². The standard InChI is InChI=1S/C17H20O3/c1-12(18)20-16-10-6-14(7-11-16)17(2,3)13-4-8-15(19)9-5-13/h4-12,18-19H,1-3H3. The van der Waals surface area contributed by atoms with Crippen LogP contribution in [0.1, 0.15) is 31.9 Å². The van der Waals surface area contributed by atoms with Gasteiger partial charge in [-0.25, -0.2) is 0 Å². The van der Waals surface area contributed by atoms with E-state index in [-0.39, 0.29) is 11.2 Å². The van der Waals surface area contributed by atoms with E-state index in [0.29, 0.717) is 5.75 Å². The summed E-state index contributed by atoms with van der Waals surface area (Å²) in [5.74, 6) is 0.912. The predicted molar refractivity (Wildman–Crippen MR) is 79.0 cm³/mol. The minimum absolute atomic E-state index is 0.170. The van der Waals surface area contributed by atoms with Crippen molar-refractivity contribution in [3.63, 3.8) is 0 Å². The van der Waals surface area contributed by atoms with E-state index >= 15 is 0 Å². The minimum Gasteiger partial charge on any atom is -0.508 e. The molecule has 0 bridgehead atoms. The van der Waals surface area contributed by atoms with Gasteiger partial charge in [0.05, 0.1) is 0 Å². The summed E-state index contributed by atoms with van der Waals surface area (Å²) < 4.78 is 5.23. The molecule has 1 unspecified atom stereocenters. The maximum absolute atomic E-state index is 9.37. The second-order valence-corrected chi connectivity index (χ2v) is 5.41. The van der Waals surface area contributed by atoms with Gasteiger partial charge in [0.1, 0.15) is 11.5 Å². The fraction of sp³-hybridized carbons (Fsp3) is 0.294. The molecule has 3 nitrogen and oxygen atoms in total. The van der Waals surface area contributed by atoms with Crippen LogP contribution in [0.5, 0.6) is 11.5 Å². The van der Waals surface area contributed by atoms with Gasteiger partial charge in [0.15, 0.2) is 6.29 Å². The van der Waals surface area contributed by atoms with Gasteiger partial charge in [-0.15, -0.1) is 0 Å². The Balaban J connectivity index is 2.27. The smallest absolute Gasteiger partial charge is 0.194 e. The van der Waals surface area contributed by atoms with Crippen LogP contribution >= 0.6 is 0 Å². The third-order valence-corrected chi connectivity index (χ3v) is 3.47. The molecule has 2 rings (SSSR count). The lowest BCUT2D eigenvalue weighted by atomic mass is 9.78. The van der Waals surface area contributed by atoms with Crippen LogP contribution in [-0.4, -0.2) is 16.5 Å². The molecule has 0 spiro atoms. The molecule has 2 aromatic carbocycles. The Labute approximate surface area is 119 Å². The van der Waals surface area contributed by atoms with Crippen molar-refractivity contribution in [3.05, 3.63) is 59.7 Å². The third-order valence-electron chi connectivity index (χ3n) is 3.47. The average Bonchev–Trinajstić information content (AvgIpc) is 2.39. The zero-order valence-electron chi connectivity index (χ0n) is 12.0. The normalized spacial score (nSPS) is 13.0. The minimum atomic E-state index is -0.814. The molecular weight excluding hydrogens is 252 g/mol. The summed E-state index contributed by atoms with van der Waals surface area (Å²) in [6.45, 7) is 5.84. The van der Waals surface area contributed by atoms with E-state index < -0.39 is 6.29 Å². The van der Waals surface area contributed by atoms with Crippen molar-refractivity contribution in [2.45, 2.75) is 32.5 Å². The summed E-state index contributed by atoms with van der Waals surface area (Å²) in [7, 11) is 0. The lowest BCUT2D eigenvalue weighted by Crippen LogP contribution is -2.18. The molecule has 0 aliphatic heterocycles. The van der Waals surface area contributed by atoms with Crippen LogP contribution in [0.25, 0.3) is 0 Å². The summed E-state index contributed by atoms with van der Waals surface area (Å²) >= 11 is 0.